The molecule has 0 amide bonds. The second-order valence-corrected chi connectivity index (χ2v) is 6.66. The molecule has 2 nitrogen and oxygen atoms in total. The Bertz CT molecular complexity index is 633. The van der Waals surface area contributed by atoms with Crippen LogP contribution >= 0.6 is 0 Å². The maximum atomic E-state index is 4.92. The molecule has 0 radical (unpaired) electrons. The van der Waals surface area contributed by atoms with Crippen LogP contribution in [0.3, 0.4) is 0 Å². The molecule has 2 atom stereocenters. The summed E-state index contributed by atoms with van der Waals surface area (Å²) in [6.45, 7) is 7.59. The van der Waals surface area contributed by atoms with Gasteiger partial charge >= 0.3 is 0 Å². The zero-order valence-corrected chi connectivity index (χ0v) is 14.2. The van der Waals surface area contributed by atoms with E-state index in [2.05, 4.69) is 79.4 Å². The van der Waals surface area contributed by atoms with Gasteiger partial charge in [0.25, 0.3) is 0 Å². The Balaban J connectivity index is 1.62. The molecule has 0 spiro atoms. The van der Waals surface area contributed by atoms with E-state index in [1.807, 2.05) is 0 Å². The van der Waals surface area contributed by atoms with E-state index in [0.717, 1.165) is 26.1 Å². The molecule has 2 heteroatoms. The van der Waals surface area contributed by atoms with Crippen molar-refractivity contribution in [1.82, 2.24) is 4.90 Å². The highest BCUT2D eigenvalue weighted by Crippen LogP contribution is 2.22. The van der Waals surface area contributed by atoms with Crippen molar-refractivity contribution in [1.29, 1.82) is 0 Å². The van der Waals surface area contributed by atoms with Gasteiger partial charge in [-0.05, 0) is 18.1 Å². The van der Waals surface area contributed by atoms with E-state index in [1.54, 1.807) is 0 Å². The minimum Gasteiger partial charge on any atom is -0.295 e. The topological polar surface area (TPSA) is 15.6 Å². The molecule has 23 heavy (non-hydrogen) atoms. The van der Waals surface area contributed by atoms with Crippen LogP contribution in [0.5, 0.6) is 0 Å². The Morgan fingerprint density at radius 3 is 2.17 bits per heavy atom. The summed E-state index contributed by atoms with van der Waals surface area (Å²) in [6, 6.07) is 21.9. The molecular weight excluding hydrogens is 280 g/mol. The maximum absolute atomic E-state index is 4.92. The lowest BCUT2D eigenvalue weighted by Crippen LogP contribution is -2.45. The Morgan fingerprint density at radius 2 is 1.52 bits per heavy atom. The third-order valence-electron chi connectivity index (χ3n) is 4.74. The van der Waals surface area contributed by atoms with Crippen LogP contribution in [-0.4, -0.2) is 23.2 Å². The molecular formula is C21H26N2. The quantitative estimate of drug-likeness (QED) is 0.808. The zero-order valence-electron chi connectivity index (χ0n) is 14.2. The largest absolute Gasteiger partial charge is 0.295 e. The lowest BCUT2D eigenvalue weighted by Gasteiger charge is -2.38. The summed E-state index contributed by atoms with van der Waals surface area (Å²) in [5.41, 5.74) is 4.08. The lowest BCUT2D eigenvalue weighted by molar-refractivity contribution is 0.172. The fraction of sp³-hybridized carbons (Fsp3) is 0.381. The highest BCUT2D eigenvalue weighted by atomic mass is 15.2. The number of hydrogen-bond donors (Lipinski definition) is 0. The second kappa shape index (κ2) is 7.56. The SMILES string of the molecule is CC1CN(Cc2ccccc2)C(C)CC1=NCc1ccccc1. The van der Waals surface area contributed by atoms with Gasteiger partial charge in [0.2, 0.25) is 0 Å². The van der Waals surface area contributed by atoms with Crippen molar-refractivity contribution in [3.8, 4) is 0 Å². The number of hydrogen-bond acceptors (Lipinski definition) is 2. The van der Waals surface area contributed by atoms with E-state index >= 15 is 0 Å². The first-order valence-electron chi connectivity index (χ1n) is 8.57. The van der Waals surface area contributed by atoms with Gasteiger partial charge in [-0.1, -0.05) is 67.6 Å². The van der Waals surface area contributed by atoms with Crippen molar-refractivity contribution >= 4 is 5.71 Å². The minimum absolute atomic E-state index is 0.540. The molecule has 0 aromatic heterocycles. The van der Waals surface area contributed by atoms with Gasteiger partial charge in [-0.2, -0.15) is 0 Å². The Hall–Kier alpha value is -1.93. The number of nitrogens with zero attached hydrogens (tertiary/aromatic N) is 2. The first-order valence-corrected chi connectivity index (χ1v) is 8.57. The van der Waals surface area contributed by atoms with Gasteiger partial charge < -0.3 is 0 Å². The van der Waals surface area contributed by atoms with Gasteiger partial charge in [-0.15, -0.1) is 0 Å². The Morgan fingerprint density at radius 1 is 0.913 bits per heavy atom. The first kappa shape index (κ1) is 15.9. The first-order chi connectivity index (χ1) is 11.2. The average Bonchev–Trinajstić information content (AvgIpc) is 2.58. The molecule has 1 aliphatic heterocycles. The Labute approximate surface area is 139 Å². The van der Waals surface area contributed by atoms with E-state index in [-0.39, 0.29) is 0 Å². The molecule has 1 aliphatic rings. The van der Waals surface area contributed by atoms with Crippen LogP contribution < -0.4 is 0 Å². The van der Waals surface area contributed by atoms with Gasteiger partial charge in [0.1, 0.15) is 0 Å². The summed E-state index contributed by atoms with van der Waals surface area (Å²) in [5.74, 6) is 0.540. The maximum Gasteiger partial charge on any atom is 0.0639 e. The van der Waals surface area contributed by atoms with Crippen LogP contribution in [0.2, 0.25) is 0 Å². The van der Waals surface area contributed by atoms with Crippen LogP contribution in [0.25, 0.3) is 0 Å². The predicted molar refractivity (Wildman–Crippen MR) is 97.7 cm³/mol. The summed E-state index contributed by atoms with van der Waals surface area (Å²) in [4.78, 5) is 7.50. The molecule has 0 bridgehead atoms. The number of aliphatic imine (C=N–C) groups is 1. The summed E-state index contributed by atoms with van der Waals surface area (Å²) in [6.07, 6.45) is 1.08. The molecule has 1 fully saturated rings. The average molecular weight is 306 g/mol. The molecule has 1 saturated heterocycles. The number of piperidine rings is 1. The van der Waals surface area contributed by atoms with Gasteiger partial charge in [-0.25, -0.2) is 0 Å². The van der Waals surface area contributed by atoms with E-state index in [0.29, 0.717) is 12.0 Å². The lowest BCUT2D eigenvalue weighted by atomic mass is 9.92. The van der Waals surface area contributed by atoms with E-state index in [4.69, 9.17) is 4.99 Å². The summed E-state index contributed by atoms with van der Waals surface area (Å²) < 4.78 is 0. The van der Waals surface area contributed by atoms with Gasteiger partial charge in [0.15, 0.2) is 0 Å². The van der Waals surface area contributed by atoms with E-state index < -0.39 is 0 Å². The van der Waals surface area contributed by atoms with Crippen molar-refractivity contribution in [3.63, 3.8) is 0 Å². The number of likely N-dealkylation sites (tertiary alicyclic amines) is 1. The van der Waals surface area contributed by atoms with Crippen molar-refractivity contribution in [2.75, 3.05) is 6.54 Å². The molecule has 0 aliphatic carbocycles. The van der Waals surface area contributed by atoms with Crippen LogP contribution in [0.1, 0.15) is 31.4 Å². The molecule has 0 saturated carbocycles. The fourth-order valence-corrected chi connectivity index (χ4v) is 3.30. The summed E-state index contributed by atoms with van der Waals surface area (Å²) in [7, 11) is 0. The second-order valence-electron chi connectivity index (χ2n) is 6.66. The predicted octanol–water partition coefficient (Wildman–Crippen LogP) is 4.56. The molecule has 1 heterocycles. The van der Waals surface area contributed by atoms with Gasteiger partial charge in [-0.3, -0.25) is 9.89 Å². The molecule has 2 aromatic rings. The van der Waals surface area contributed by atoms with E-state index in [1.165, 1.54) is 16.8 Å². The zero-order chi connectivity index (χ0) is 16.1. The van der Waals surface area contributed by atoms with Crippen molar-refractivity contribution in [2.45, 2.75) is 39.4 Å². The van der Waals surface area contributed by atoms with Gasteiger partial charge in [0, 0.05) is 37.2 Å². The molecule has 2 aromatic carbocycles. The highest BCUT2D eigenvalue weighted by Gasteiger charge is 2.27. The molecule has 3 rings (SSSR count). The minimum atomic E-state index is 0.540. The van der Waals surface area contributed by atoms with E-state index in [9.17, 15) is 0 Å². The van der Waals surface area contributed by atoms with Crippen molar-refractivity contribution < 1.29 is 0 Å². The standard InChI is InChI=1S/C21H26N2/c1-17-15-23(16-20-11-7-4-8-12-20)18(2)13-21(17)22-14-19-9-5-3-6-10-19/h3-12,17-18H,13-16H2,1-2H3. The molecule has 2 unspecified atom stereocenters. The summed E-state index contributed by atoms with van der Waals surface area (Å²) >= 11 is 0. The molecule has 0 N–H and O–H groups in total. The van der Waals surface area contributed by atoms with Crippen LogP contribution in [0, 0.1) is 5.92 Å². The normalized spacial score (nSPS) is 24.0. The van der Waals surface area contributed by atoms with Crippen LogP contribution in [0.15, 0.2) is 65.7 Å². The third kappa shape index (κ3) is 4.29. The number of benzene rings is 2. The Kier molecular flexibility index (Phi) is 5.24. The van der Waals surface area contributed by atoms with Crippen molar-refractivity contribution in [2.24, 2.45) is 10.9 Å². The highest BCUT2D eigenvalue weighted by molar-refractivity contribution is 5.88. The molecule has 120 valence electrons. The fourth-order valence-electron chi connectivity index (χ4n) is 3.30. The monoisotopic (exact) mass is 306 g/mol. The van der Waals surface area contributed by atoms with Crippen LogP contribution in [-0.2, 0) is 13.1 Å². The van der Waals surface area contributed by atoms with Crippen LogP contribution in [0.4, 0.5) is 0 Å². The number of rotatable bonds is 4. The summed E-state index contributed by atoms with van der Waals surface area (Å²) in [5, 5.41) is 0. The van der Waals surface area contributed by atoms with Crippen molar-refractivity contribution in [3.05, 3.63) is 71.8 Å². The third-order valence-corrected chi connectivity index (χ3v) is 4.74. The van der Waals surface area contributed by atoms with Gasteiger partial charge in [0.05, 0.1) is 6.54 Å². The smallest absolute Gasteiger partial charge is 0.0639 e.